The van der Waals surface area contributed by atoms with Crippen molar-refractivity contribution in [2.45, 2.75) is 79.1 Å². The number of amides is 1. The summed E-state index contributed by atoms with van der Waals surface area (Å²) in [6.45, 7) is 13.3. The number of ether oxygens (including phenoxy) is 1. The maximum absolute atomic E-state index is 13.2. The molecule has 37 heavy (non-hydrogen) atoms. The van der Waals surface area contributed by atoms with Gasteiger partial charge in [-0.15, -0.1) is 0 Å². The van der Waals surface area contributed by atoms with Gasteiger partial charge in [-0.3, -0.25) is 23.9 Å². The first-order valence-electron chi connectivity index (χ1n) is 12.2. The van der Waals surface area contributed by atoms with Crippen LogP contribution in [0.25, 0.3) is 11.2 Å². The van der Waals surface area contributed by atoms with Crippen LogP contribution in [0.2, 0.25) is 0 Å². The van der Waals surface area contributed by atoms with Crippen molar-refractivity contribution in [2.75, 3.05) is 31.2 Å². The second-order valence-corrected chi connectivity index (χ2v) is 12.4. The zero-order chi connectivity index (χ0) is 27.9. The van der Waals surface area contributed by atoms with Crippen molar-refractivity contribution < 1.29 is 27.9 Å². The monoisotopic (exact) mass is 542 g/mol. The SMILES string of the molecule is CCOC(=O)Cn1cnc2c(=O)[nH]c(NCCCNC(=O)CCP(=O)(OC(C)(C)C)OC(C)(C)C)nc21. The number of anilines is 1. The molecule has 0 aromatic carbocycles. The van der Waals surface area contributed by atoms with Crippen LogP contribution in [0.1, 0.15) is 61.3 Å². The molecule has 3 N–H and O–H groups in total. The summed E-state index contributed by atoms with van der Waals surface area (Å²) in [6.07, 6.45) is 1.86. The summed E-state index contributed by atoms with van der Waals surface area (Å²) in [4.78, 5) is 47.3. The smallest absolute Gasteiger partial charge is 0.332 e. The van der Waals surface area contributed by atoms with Crippen LogP contribution in [0.3, 0.4) is 0 Å². The lowest BCUT2D eigenvalue weighted by atomic mass is 10.2. The molecule has 0 aliphatic rings. The minimum Gasteiger partial charge on any atom is -0.465 e. The van der Waals surface area contributed by atoms with Crippen LogP contribution in [0.15, 0.2) is 11.1 Å². The Morgan fingerprint density at radius 2 is 1.76 bits per heavy atom. The van der Waals surface area contributed by atoms with Gasteiger partial charge in [0.05, 0.1) is 30.3 Å². The molecule has 2 aromatic rings. The molecule has 2 heterocycles. The Balaban J connectivity index is 1.85. The highest BCUT2D eigenvalue weighted by Gasteiger charge is 2.35. The van der Waals surface area contributed by atoms with Crippen molar-refractivity contribution in [3.63, 3.8) is 0 Å². The average molecular weight is 543 g/mol. The fourth-order valence-corrected chi connectivity index (χ4v) is 5.66. The van der Waals surface area contributed by atoms with Crippen molar-refractivity contribution in [1.29, 1.82) is 0 Å². The van der Waals surface area contributed by atoms with E-state index in [0.717, 1.165) is 0 Å². The molecule has 0 atom stereocenters. The molecule has 0 bridgehead atoms. The Morgan fingerprint density at radius 1 is 1.11 bits per heavy atom. The van der Waals surface area contributed by atoms with E-state index in [0.29, 0.717) is 19.5 Å². The van der Waals surface area contributed by atoms with Crippen LogP contribution in [0.4, 0.5) is 5.95 Å². The third kappa shape index (κ3) is 10.6. The molecule has 208 valence electrons. The van der Waals surface area contributed by atoms with Crippen molar-refractivity contribution >= 4 is 36.6 Å². The van der Waals surface area contributed by atoms with E-state index < -0.39 is 30.3 Å². The minimum atomic E-state index is -3.49. The van der Waals surface area contributed by atoms with Gasteiger partial charge in [-0.05, 0) is 54.9 Å². The molecule has 0 saturated heterocycles. The van der Waals surface area contributed by atoms with Crippen LogP contribution in [-0.2, 0) is 34.5 Å². The maximum Gasteiger partial charge on any atom is 0.332 e. The average Bonchev–Trinajstić information content (AvgIpc) is 3.12. The largest absolute Gasteiger partial charge is 0.465 e. The van der Waals surface area contributed by atoms with E-state index in [2.05, 4.69) is 25.6 Å². The Morgan fingerprint density at radius 3 is 2.35 bits per heavy atom. The van der Waals surface area contributed by atoms with Crippen LogP contribution >= 0.6 is 7.60 Å². The van der Waals surface area contributed by atoms with Crippen molar-refractivity contribution in [1.82, 2.24) is 24.8 Å². The van der Waals surface area contributed by atoms with Crippen LogP contribution in [-0.4, -0.2) is 68.5 Å². The van der Waals surface area contributed by atoms with Crippen LogP contribution in [0, 0.1) is 0 Å². The highest BCUT2D eigenvalue weighted by Crippen LogP contribution is 2.54. The molecule has 14 heteroatoms. The molecule has 0 aliphatic heterocycles. The summed E-state index contributed by atoms with van der Waals surface area (Å²) >= 11 is 0. The number of carbonyl (C=O) groups excluding carboxylic acids is 2. The zero-order valence-electron chi connectivity index (χ0n) is 22.7. The number of hydrogen-bond acceptors (Lipinski definition) is 10. The van der Waals surface area contributed by atoms with Gasteiger partial charge in [0.15, 0.2) is 11.2 Å². The molecule has 0 unspecified atom stereocenters. The van der Waals surface area contributed by atoms with Crippen molar-refractivity contribution in [3.05, 3.63) is 16.7 Å². The predicted molar refractivity (Wildman–Crippen MR) is 140 cm³/mol. The number of nitrogens with zero attached hydrogens (tertiary/aromatic N) is 3. The maximum atomic E-state index is 13.2. The highest BCUT2D eigenvalue weighted by molar-refractivity contribution is 7.54. The van der Waals surface area contributed by atoms with Gasteiger partial charge < -0.3 is 29.0 Å². The molecule has 13 nitrogen and oxygen atoms in total. The number of esters is 1. The summed E-state index contributed by atoms with van der Waals surface area (Å²) in [5, 5.41) is 5.77. The fraction of sp³-hybridized carbons (Fsp3) is 0.696. The summed E-state index contributed by atoms with van der Waals surface area (Å²) < 4.78 is 31.0. The first kappa shape index (κ1) is 30.5. The lowest BCUT2D eigenvalue weighted by molar-refractivity contribution is -0.143. The Hall–Kier alpha value is -2.76. The first-order chi connectivity index (χ1) is 17.1. The van der Waals surface area contributed by atoms with Gasteiger partial charge in [0.2, 0.25) is 11.9 Å². The quantitative estimate of drug-likeness (QED) is 0.195. The summed E-state index contributed by atoms with van der Waals surface area (Å²) in [7, 11) is -3.49. The minimum absolute atomic E-state index is 0.00708. The molecule has 2 rings (SSSR count). The van der Waals surface area contributed by atoms with Crippen molar-refractivity contribution in [2.24, 2.45) is 0 Å². The summed E-state index contributed by atoms with van der Waals surface area (Å²) in [6, 6.07) is 0. The van der Waals surface area contributed by atoms with E-state index in [9.17, 15) is 18.9 Å². The number of aromatic nitrogens is 4. The summed E-state index contributed by atoms with van der Waals surface area (Å²) in [5.41, 5.74) is -1.44. The van der Waals surface area contributed by atoms with E-state index in [1.165, 1.54) is 10.9 Å². The third-order valence-electron chi connectivity index (χ3n) is 4.49. The van der Waals surface area contributed by atoms with Gasteiger partial charge in [-0.25, -0.2) is 4.98 Å². The molecule has 1 amide bonds. The number of imidazole rings is 1. The van der Waals surface area contributed by atoms with Gasteiger partial charge in [-0.1, -0.05) is 0 Å². The topological polar surface area (TPSA) is 167 Å². The molecule has 0 spiro atoms. The number of aromatic amines is 1. The van der Waals surface area contributed by atoms with E-state index in [4.69, 9.17) is 13.8 Å². The van der Waals surface area contributed by atoms with Gasteiger partial charge >= 0.3 is 13.6 Å². The normalized spacial score (nSPS) is 12.5. The molecule has 0 fully saturated rings. The molecular formula is C23H39N6O7P. The van der Waals surface area contributed by atoms with E-state index >= 15 is 0 Å². The highest BCUT2D eigenvalue weighted by atomic mass is 31.2. The lowest BCUT2D eigenvalue weighted by Gasteiger charge is -2.32. The lowest BCUT2D eigenvalue weighted by Crippen LogP contribution is -2.29. The Kier molecular flexibility index (Phi) is 10.4. The first-order valence-corrected chi connectivity index (χ1v) is 14.0. The summed E-state index contributed by atoms with van der Waals surface area (Å²) in [5.74, 6) is -0.513. The van der Waals surface area contributed by atoms with Gasteiger partial charge in [-0.2, -0.15) is 4.98 Å². The standard InChI is InChI=1S/C23H39N6O7P/c1-8-34-17(31)14-29-15-26-18-19(29)27-21(28-20(18)32)25-12-9-11-24-16(30)10-13-37(33,35-22(2,3)4)36-23(5,6)7/h15H,8-14H2,1-7H3,(H,24,30)(H2,25,27,28,32). The van der Waals surface area contributed by atoms with E-state index in [1.54, 1.807) is 48.5 Å². The van der Waals surface area contributed by atoms with Gasteiger partial charge in [0, 0.05) is 19.5 Å². The zero-order valence-corrected chi connectivity index (χ0v) is 23.6. The van der Waals surface area contributed by atoms with E-state index in [1.807, 2.05) is 0 Å². The molecular weight excluding hydrogens is 503 g/mol. The Labute approximate surface area is 216 Å². The number of rotatable bonds is 13. The number of nitrogens with one attached hydrogen (secondary N) is 3. The second kappa shape index (κ2) is 12.7. The Bertz CT molecular complexity index is 1160. The fourth-order valence-electron chi connectivity index (χ4n) is 3.29. The van der Waals surface area contributed by atoms with Crippen LogP contribution in [0.5, 0.6) is 0 Å². The second-order valence-electron chi connectivity index (χ2n) is 10.4. The molecule has 0 aliphatic carbocycles. The van der Waals surface area contributed by atoms with Gasteiger partial charge in [0.25, 0.3) is 5.56 Å². The number of carbonyl (C=O) groups is 2. The predicted octanol–water partition coefficient (Wildman–Crippen LogP) is 2.81. The molecule has 0 saturated carbocycles. The van der Waals surface area contributed by atoms with Crippen LogP contribution < -0.4 is 16.2 Å². The third-order valence-corrected chi connectivity index (χ3v) is 6.91. The number of fused-ring (bicyclic) bond motifs is 1. The molecule has 2 aromatic heterocycles. The van der Waals surface area contributed by atoms with E-state index in [-0.39, 0.29) is 48.8 Å². The molecule has 0 radical (unpaired) electrons. The number of hydrogen-bond donors (Lipinski definition) is 3. The number of H-pyrrole nitrogens is 1. The van der Waals surface area contributed by atoms with Gasteiger partial charge in [0.1, 0.15) is 6.54 Å². The van der Waals surface area contributed by atoms with Crippen molar-refractivity contribution in [3.8, 4) is 0 Å².